The first kappa shape index (κ1) is 17.3. The molecule has 2 atom stereocenters. The summed E-state index contributed by atoms with van der Waals surface area (Å²) < 4.78 is 5.42. The number of carbonyl (C=O) groups excluding carboxylic acids is 2. The van der Waals surface area contributed by atoms with Crippen LogP contribution in [0.5, 0.6) is 5.75 Å². The van der Waals surface area contributed by atoms with Gasteiger partial charge in [0.1, 0.15) is 5.75 Å². The molecule has 0 aliphatic rings. The van der Waals surface area contributed by atoms with Crippen LogP contribution < -0.4 is 15.4 Å². The summed E-state index contributed by atoms with van der Waals surface area (Å²) in [6, 6.07) is 4.21. The number of carbonyl (C=O) groups is 2. The number of urea groups is 1. The summed E-state index contributed by atoms with van der Waals surface area (Å²) in [6.45, 7) is 5.29. The molecular weight excluding hydrogens is 296 g/mol. The number of benzene rings is 1. The number of aliphatic hydroxyl groups excluding tert-OH is 1. The standard InChI is InChI=1S/C14H19ClN2O4/c1-4-16-14(20)17-13(19)9(3)21-12-6-5-10(8(2)18)7-11(12)15/h5-9,18H,4H2,1-3H3,(H2,16,17,19,20)/t8-,9?/m1/s1. The average Bonchev–Trinajstić information content (AvgIpc) is 2.40. The average molecular weight is 315 g/mol. The van der Waals surface area contributed by atoms with Crippen LogP contribution in [-0.2, 0) is 4.79 Å². The number of nitrogens with one attached hydrogen (secondary N) is 2. The summed E-state index contributed by atoms with van der Waals surface area (Å²) >= 11 is 6.03. The molecule has 0 saturated carbocycles. The van der Waals surface area contributed by atoms with Gasteiger partial charge in [0.25, 0.3) is 5.91 Å². The highest BCUT2D eigenvalue weighted by Crippen LogP contribution is 2.28. The molecule has 1 aromatic rings. The van der Waals surface area contributed by atoms with Crippen LogP contribution >= 0.6 is 11.6 Å². The lowest BCUT2D eigenvalue weighted by atomic mass is 10.1. The van der Waals surface area contributed by atoms with Gasteiger partial charge in [0.15, 0.2) is 6.10 Å². The first-order valence-corrected chi connectivity index (χ1v) is 6.95. The normalized spacial score (nSPS) is 13.2. The fraction of sp³-hybridized carbons (Fsp3) is 0.429. The molecule has 0 heterocycles. The highest BCUT2D eigenvalue weighted by molar-refractivity contribution is 6.32. The van der Waals surface area contributed by atoms with Crippen LogP contribution in [-0.4, -0.2) is 29.7 Å². The topological polar surface area (TPSA) is 87.7 Å². The Hall–Kier alpha value is -1.79. The molecule has 1 rings (SSSR count). The van der Waals surface area contributed by atoms with Crippen molar-refractivity contribution < 1.29 is 19.4 Å². The first-order chi connectivity index (χ1) is 9.85. The van der Waals surface area contributed by atoms with Gasteiger partial charge in [-0.1, -0.05) is 17.7 Å². The third-order valence-corrected chi connectivity index (χ3v) is 2.98. The largest absolute Gasteiger partial charge is 0.479 e. The molecule has 0 aromatic heterocycles. The Balaban J connectivity index is 2.68. The molecule has 0 spiro atoms. The maximum Gasteiger partial charge on any atom is 0.321 e. The Morgan fingerprint density at radius 2 is 2.05 bits per heavy atom. The van der Waals surface area contributed by atoms with Gasteiger partial charge in [0, 0.05) is 6.54 Å². The predicted molar refractivity (Wildman–Crippen MR) is 79.4 cm³/mol. The van der Waals surface area contributed by atoms with Crippen molar-refractivity contribution in [2.75, 3.05) is 6.54 Å². The second kappa shape index (κ2) is 7.85. The second-order valence-corrected chi connectivity index (χ2v) is 4.88. The van der Waals surface area contributed by atoms with Crippen LogP contribution in [0.2, 0.25) is 5.02 Å². The molecule has 1 aromatic carbocycles. The van der Waals surface area contributed by atoms with Gasteiger partial charge in [-0.3, -0.25) is 10.1 Å². The van der Waals surface area contributed by atoms with Crippen molar-refractivity contribution in [3.8, 4) is 5.75 Å². The number of aliphatic hydroxyl groups is 1. The SMILES string of the molecule is CCNC(=O)NC(=O)C(C)Oc1ccc([C@@H](C)O)cc1Cl. The Bertz CT molecular complexity index is 520. The van der Waals surface area contributed by atoms with Gasteiger partial charge in [-0.05, 0) is 38.5 Å². The zero-order valence-electron chi connectivity index (χ0n) is 12.1. The fourth-order valence-electron chi connectivity index (χ4n) is 1.53. The van der Waals surface area contributed by atoms with Crippen molar-refractivity contribution in [3.63, 3.8) is 0 Å². The summed E-state index contributed by atoms with van der Waals surface area (Å²) in [5.41, 5.74) is 0.645. The minimum Gasteiger partial charge on any atom is -0.479 e. The number of amides is 3. The van der Waals surface area contributed by atoms with Crippen molar-refractivity contribution in [1.82, 2.24) is 10.6 Å². The third-order valence-electron chi connectivity index (χ3n) is 2.69. The molecule has 0 radical (unpaired) electrons. The number of hydrogen-bond donors (Lipinski definition) is 3. The van der Waals surface area contributed by atoms with E-state index in [-0.39, 0.29) is 5.02 Å². The number of imide groups is 1. The van der Waals surface area contributed by atoms with E-state index >= 15 is 0 Å². The van der Waals surface area contributed by atoms with Crippen molar-refractivity contribution >= 4 is 23.5 Å². The lowest BCUT2D eigenvalue weighted by Crippen LogP contribution is -2.45. The van der Waals surface area contributed by atoms with Gasteiger partial charge in [-0.25, -0.2) is 4.79 Å². The predicted octanol–water partition coefficient (Wildman–Crippen LogP) is 2.01. The zero-order valence-corrected chi connectivity index (χ0v) is 12.9. The van der Waals surface area contributed by atoms with Gasteiger partial charge in [-0.2, -0.15) is 0 Å². The molecule has 3 amide bonds. The maximum atomic E-state index is 11.7. The van der Waals surface area contributed by atoms with E-state index < -0.39 is 24.1 Å². The number of hydrogen-bond acceptors (Lipinski definition) is 4. The van der Waals surface area contributed by atoms with Crippen LogP contribution in [0.25, 0.3) is 0 Å². The molecule has 7 heteroatoms. The summed E-state index contributed by atoms with van der Waals surface area (Å²) in [6.07, 6.45) is -1.53. The van der Waals surface area contributed by atoms with Crippen molar-refractivity contribution in [1.29, 1.82) is 0 Å². The molecule has 3 N–H and O–H groups in total. The van der Waals surface area contributed by atoms with E-state index in [1.165, 1.54) is 6.92 Å². The summed E-state index contributed by atoms with van der Waals surface area (Å²) in [4.78, 5) is 23.0. The van der Waals surface area contributed by atoms with Crippen molar-refractivity contribution in [2.45, 2.75) is 33.0 Å². The quantitative estimate of drug-likeness (QED) is 0.775. The fourth-order valence-corrected chi connectivity index (χ4v) is 1.77. The van der Waals surface area contributed by atoms with Gasteiger partial charge in [-0.15, -0.1) is 0 Å². The zero-order chi connectivity index (χ0) is 16.0. The van der Waals surface area contributed by atoms with Gasteiger partial charge < -0.3 is 15.2 Å². The van der Waals surface area contributed by atoms with E-state index in [1.54, 1.807) is 32.0 Å². The highest BCUT2D eigenvalue weighted by Gasteiger charge is 2.18. The molecule has 0 aliphatic carbocycles. The molecule has 0 bridgehead atoms. The maximum absolute atomic E-state index is 11.7. The second-order valence-electron chi connectivity index (χ2n) is 4.47. The molecule has 1 unspecified atom stereocenters. The van der Waals surface area contributed by atoms with Crippen LogP contribution in [0.3, 0.4) is 0 Å². The van der Waals surface area contributed by atoms with Crippen molar-refractivity contribution in [3.05, 3.63) is 28.8 Å². The van der Waals surface area contributed by atoms with Crippen LogP contribution in [0.1, 0.15) is 32.4 Å². The molecular formula is C14H19ClN2O4. The van der Waals surface area contributed by atoms with Gasteiger partial charge in [0.05, 0.1) is 11.1 Å². The highest BCUT2D eigenvalue weighted by atomic mass is 35.5. The van der Waals surface area contributed by atoms with E-state index in [9.17, 15) is 14.7 Å². The Labute approximate surface area is 128 Å². The lowest BCUT2D eigenvalue weighted by molar-refractivity contribution is -0.126. The Morgan fingerprint density at radius 3 is 2.57 bits per heavy atom. The molecule has 116 valence electrons. The lowest BCUT2D eigenvalue weighted by Gasteiger charge is -2.16. The number of halogens is 1. The summed E-state index contributed by atoms with van der Waals surface area (Å²) in [5, 5.41) is 14.3. The summed E-state index contributed by atoms with van der Waals surface area (Å²) in [5.74, 6) is -0.267. The number of rotatable bonds is 5. The van der Waals surface area contributed by atoms with Crippen molar-refractivity contribution in [2.24, 2.45) is 0 Å². The number of ether oxygens (including phenoxy) is 1. The Kier molecular flexibility index (Phi) is 6.45. The van der Waals surface area contributed by atoms with E-state index in [0.717, 1.165) is 0 Å². The molecule has 6 nitrogen and oxygen atoms in total. The summed E-state index contributed by atoms with van der Waals surface area (Å²) in [7, 11) is 0. The molecule has 0 aliphatic heterocycles. The van der Waals surface area contributed by atoms with E-state index in [0.29, 0.717) is 17.9 Å². The van der Waals surface area contributed by atoms with Crippen LogP contribution in [0.15, 0.2) is 18.2 Å². The van der Waals surface area contributed by atoms with Gasteiger partial charge >= 0.3 is 6.03 Å². The van der Waals surface area contributed by atoms with Gasteiger partial charge in [0.2, 0.25) is 0 Å². The molecule has 0 fully saturated rings. The monoisotopic (exact) mass is 314 g/mol. The van der Waals surface area contributed by atoms with E-state index in [1.807, 2.05) is 0 Å². The Morgan fingerprint density at radius 1 is 1.38 bits per heavy atom. The van der Waals surface area contributed by atoms with Crippen LogP contribution in [0, 0.1) is 0 Å². The first-order valence-electron chi connectivity index (χ1n) is 6.58. The molecule has 21 heavy (non-hydrogen) atoms. The smallest absolute Gasteiger partial charge is 0.321 e. The third kappa shape index (κ3) is 5.24. The minimum absolute atomic E-state index is 0.283. The minimum atomic E-state index is -0.887. The van der Waals surface area contributed by atoms with E-state index in [4.69, 9.17) is 16.3 Å². The molecule has 0 saturated heterocycles. The van der Waals surface area contributed by atoms with Crippen LogP contribution in [0.4, 0.5) is 4.79 Å². The van der Waals surface area contributed by atoms with E-state index in [2.05, 4.69) is 10.6 Å².